The molecule has 2 N–H and O–H groups in total. The van der Waals surface area contributed by atoms with E-state index in [2.05, 4.69) is 80.6 Å². The summed E-state index contributed by atoms with van der Waals surface area (Å²) in [6, 6.07) is 32.0. The molecule has 1 aliphatic heterocycles. The number of rotatable bonds is 4. The maximum absolute atomic E-state index is 13.8. The number of ketones is 1. The number of hydrogen-bond acceptors (Lipinski definition) is 6. The summed E-state index contributed by atoms with van der Waals surface area (Å²) in [5.41, 5.74) is 0.347. The van der Waals surface area contributed by atoms with E-state index in [9.17, 15) is 19.8 Å². The van der Waals surface area contributed by atoms with Crippen molar-refractivity contribution in [2.45, 2.75) is 182 Å². The Morgan fingerprint density at radius 3 is 1.57 bits per heavy atom. The van der Waals surface area contributed by atoms with Gasteiger partial charge in [0.25, 0.3) is 0 Å². The molecule has 1 amide bonds. The molecule has 16 atom stereocenters. The van der Waals surface area contributed by atoms with E-state index in [0.29, 0.717) is 17.6 Å². The van der Waals surface area contributed by atoms with E-state index >= 15 is 0 Å². The van der Waals surface area contributed by atoms with Crippen LogP contribution in [-0.4, -0.2) is 88.6 Å². The van der Waals surface area contributed by atoms with Crippen molar-refractivity contribution in [3.8, 4) is 0 Å². The van der Waals surface area contributed by atoms with Gasteiger partial charge < -0.3 is 31.9 Å². The Labute approximate surface area is 492 Å². The Hall–Kier alpha value is -2.37. The van der Waals surface area contributed by atoms with Gasteiger partial charge in [0.15, 0.2) is 5.78 Å². The van der Waals surface area contributed by atoms with Crippen molar-refractivity contribution in [2.24, 2.45) is 81.8 Å². The fourth-order valence-electron chi connectivity index (χ4n) is 18.4. The average molecular weight is 1130 g/mol. The molecule has 8 aliphatic carbocycles. The van der Waals surface area contributed by atoms with Gasteiger partial charge in [-0.3, -0.25) is 14.4 Å². The average Bonchev–Trinajstić information content (AvgIpc) is 4.19. The zero-order valence-corrected chi connectivity index (χ0v) is 49.6. The smallest absolute Gasteiger partial charge is 1.00 e. The quantitative estimate of drug-likeness (QED) is 0.0915. The van der Waals surface area contributed by atoms with Crippen LogP contribution in [0.1, 0.15) is 181 Å². The molecule has 0 bridgehead atoms. The number of amides is 1. The molecule has 9 aliphatic rings. The Bertz CT molecular complexity index is 2470. The second-order valence-electron chi connectivity index (χ2n) is 26.2. The molecule has 77 heavy (non-hydrogen) atoms. The summed E-state index contributed by atoms with van der Waals surface area (Å²) in [5, 5.41) is 27.5. The molecule has 7 nitrogen and oxygen atoms in total. The van der Waals surface area contributed by atoms with Crippen LogP contribution < -0.4 is 17.0 Å². The van der Waals surface area contributed by atoms with Crippen molar-refractivity contribution in [3.05, 3.63) is 96.6 Å². The second kappa shape index (κ2) is 26.7. The Morgan fingerprint density at radius 2 is 1.06 bits per heavy atom. The molecule has 0 radical (unpaired) electrons. The molecule has 9 heteroatoms. The number of Topliss-reactive ketones (excluding diaryl/α,β-unsaturated/α-hetero) is 1. The van der Waals surface area contributed by atoms with Crippen LogP contribution in [-0.2, 0) is 14.4 Å². The van der Waals surface area contributed by atoms with Gasteiger partial charge in [-0.05, 0) is 229 Å². The van der Waals surface area contributed by atoms with Crippen LogP contribution in [0.15, 0.2) is 84.9 Å². The van der Waals surface area contributed by atoms with Gasteiger partial charge in [0.1, 0.15) is 0 Å². The number of aliphatic hydroxyl groups is 2. The first-order valence-corrected chi connectivity index (χ1v) is 29.3. The van der Waals surface area contributed by atoms with Crippen LogP contribution in [0.5, 0.6) is 0 Å². The SMILES string of the molecule is C.C.C1CCOC1.CON(C)C(=O)[C@H]1CC[C@H]2[C@@H]3CC[C@@H]4C[C@](C)(O)CC[C@@H]4[C@H]3CC[C@]12C.C[C@@]1(O)CC[C@H]2[C@H](CC[C@@H]3[C@@H]2CC[C@]2(C)[C@@H](C(=O)c4ccc5ccccc5c4)CC[C@@H]32)C1.[Br-].[Mg+2].[c-]1ccc2ccccc2c1. The molecule has 13 rings (SSSR count). The Morgan fingerprint density at radius 1 is 0.584 bits per heavy atom. The number of ether oxygens (including phenoxy) is 1. The van der Waals surface area contributed by atoms with Crippen molar-refractivity contribution in [1.82, 2.24) is 5.06 Å². The maximum Gasteiger partial charge on any atom is 2.00 e. The molecule has 0 aromatic heterocycles. The van der Waals surface area contributed by atoms with E-state index < -0.39 is 11.2 Å². The normalized spacial score (nSPS) is 37.9. The third kappa shape index (κ3) is 13.3. The first-order valence-electron chi connectivity index (χ1n) is 29.3. The van der Waals surface area contributed by atoms with Crippen LogP contribution in [0, 0.1) is 87.9 Å². The zero-order valence-electron chi connectivity index (χ0n) is 46.6. The maximum atomic E-state index is 13.8. The van der Waals surface area contributed by atoms with E-state index in [1.807, 2.05) is 38.1 Å². The molecule has 1 saturated heterocycles. The molecule has 420 valence electrons. The van der Waals surface area contributed by atoms with Gasteiger partial charge >= 0.3 is 23.1 Å². The summed E-state index contributed by atoms with van der Waals surface area (Å²) < 4.78 is 4.94. The third-order valence-electron chi connectivity index (χ3n) is 22.1. The summed E-state index contributed by atoms with van der Waals surface area (Å²) in [5.74, 6) is 8.61. The molecule has 1 heterocycles. The van der Waals surface area contributed by atoms with Crippen molar-refractivity contribution < 1.29 is 46.4 Å². The number of benzene rings is 4. The van der Waals surface area contributed by atoms with E-state index in [4.69, 9.17) is 9.57 Å². The molecule has 9 fully saturated rings. The number of hydroxylamine groups is 2. The van der Waals surface area contributed by atoms with Crippen molar-refractivity contribution in [2.75, 3.05) is 27.4 Å². The van der Waals surface area contributed by atoms with Gasteiger partial charge in [-0.25, -0.2) is 5.06 Å². The van der Waals surface area contributed by atoms with Gasteiger partial charge in [0.2, 0.25) is 5.91 Å². The summed E-state index contributed by atoms with van der Waals surface area (Å²) >= 11 is 0. The number of carbonyl (C=O) groups excluding carboxylic acids is 2. The number of hydrogen-bond donors (Lipinski definition) is 2. The minimum Gasteiger partial charge on any atom is -1.00 e. The van der Waals surface area contributed by atoms with E-state index in [1.165, 1.54) is 116 Å². The summed E-state index contributed by atoms with van der Waals surface area (Å²) in [6.07, 6.45) is 23.6. The van der Waals surface area contributed by atoms with Crippen LogP contribution in [0.4, 0.5) is 0 Å². The van der Waals surface area contributed by atoms with Gasteiger partial charge in [-0.15, -0.1) is 16.8 Å². The van der Waals surface area contributed by atoms with Crippen molar-refractivity contribution in [3.63, 3.8) is 0 Å². The van der Waals surface area contributed by atoms with Crippen LogP contribution in [0.2, 0.25) is 0 Å². The number of carbonyl (C=O) groups is 2. The Balaban J connectivity index is 0.000000190. The molecular weight excluding hydrogens is 1030 g/mol. The van der Waals surface area contributed by atoms with Crippen LogP contribution >= 0.6 is 0 Å². The van der Waals surface area contributed by atoms with Crippen LogP contribution in [0.3, 0.4) is 0 Å². The molecule has 4 aromatic rings. The van der Waals surface area contributed by atoms with E-state index in [1.54, 1.807) is 14.2 Å². The van der Waals surface area contributed by atoms with Gasteiger partial charge in [0, 0.05) is 37.7 Å². The third-order valence-corrected chi connectivity index (χ3v) is 22.1. The largest absolute Gasteiger partial charge is 2.00 e. The standard InChI is InChI=1S/C30H38O2.C22H37NO3.C10H7.C4H8O.2CH4.BrH.Mg/c1-29(32)15-13-23-22(18-29)9-10-25-24(23)14-16-30(2)26(25)11-12-27(30)28(31)21-8-7-19-5-3-4-6-20(19)17-21;1-21(25)11-9-15-14(13-21)5-6-17-16(15)10-12-22(2)18(17)7-8-19(22)20(24)23(3)26-4;1-2-6-10-8-4-3-7-9(10)5-1;1-2-4-5-3-1;;;;/h3-8,17,22-27,32H,9-16,18H2,1-2H3;14-19,25H,5-13H2,1-4H3;1-3,5-8H;1-4H2;2*1H4;1H;/q;;-1;;;;;+2/p-1/t22-,23+,24-,25-,26+,27-,29-,30+;14-,15+,16-,17-,18+,19-,21-,22+;;;;;;/m11....../s1. The van der Waals surface area contributed by atoms with E-state index in [-0.39, 0.29) is 83.5 Å². The monoisotopic (exact) mass is 1130 g/mol. The predicted molar refractivity (Wildman–Crippen MR) is 313 cm³/mol. The fraction of sp³-hybridized carbons (Fsp3) is 0.676. The van der Waals surface area contributed by atoms with Crippen molar-refractivity contribution in [1.29, 1.82) is 0 Å². The first-order chi connectivity index (χ1) is 35.1. The first kappa shape index (κ1) is 63.8. The number of nitrogens with zero attached hydrogens (tertiary/aromatic N) is 1. The topological polar surface area (TPSA) is 96.3 Å². The Kier molecular flexibility index (Phi) is 22.1. The summed E-state index contributed by atoms with van der Waals surface area (Å²) in [7, 11) is 3.34. The van der Waals surface area contributed by atoms with Crippen molar-refractivity contribution >= 4 is 56.3 Å². The van der Waals surface area contributed by atoms with E-state index in [0.717, 1.165) is 105 Å². The minimum atomic E-state index is -0.443. The van der Waals surface area contributed by atoms with Gasteiger partial charge in [0.05, 0.1) is 18.3 Å². The second-order valence-corrected chi connectivity index (χ2v) is 26.2. The zero-order chi connectivity index (χ0) is 51.1. The van der Waals surface area contributed by atoms with Crippen LogP contribution in [0.25, 0.3) is 21.5 Å². The molecule has 4 aromatic carbocycles. The predicted octanol–water partition coefficient (Wildman–Crippen LogP) is 12.4. The fourth-order valence-corrected chi connectivity index (χ4v) is 18.4. The summed E-state index contributed by atoms with van der Waals surface area (Å²) in [6.45, 7) is 10.9. The minimum absolute atomic E-state index is 0. The molecule has 8 saturated carbocycles. The molecule has 0 spiro atoms. The molecule has 0 unspecified atom stereocenters. The van der Waals surface area contributed by atoms with Gasteiger partial charge in [-0.1, -0.05) is 83.3 Å². The summed E-state index contributed by atoms with van der Waals surface area (Å²) in [4.78, 5) is 31.9. The number of fused-ring (bicyclic) bond motifs is 12. The molecular formula is C68H98BrMgNO6. The van der Waals surface area contributed by atoms with Gasteiger partial charge in [-0.2, -0.15) is 24.3 Å². The number of halogens is 1.